The van der Waals surface area contributed by atoms with Gasteiger partial charge in [0.25, 0.3) is 0 Å². The number of halogens is 1. The van der Waals surface area contributed by atoms with Gasteiger partial charge in [-0.05, 0) is 60.5 Å². The maximum atomic E-state index is 10.9. The Balaban J connectivity index is 1.28. The first-order valence-corrected chi connectivity index (χ1v) is 11.1. The molecule has 7 heteroatoms. The molecule has 1 aliphatic rings. The molecule has 4 rings (SSSR count). The van der Waals surface area contributed by atoms with E-state index >= 15 is 0 Å². The molecule has 0 aromatic heterocycles. The van der Waals surface area contributed by atoms with E-state index in [1.807, 2.05) is 66.7 Å². The van der Waals surface area contributed by atoms with Crippen LogP contribution in [0.4, 0.5) is 0 Å². The van der Waals surface area contributed by atoms with Crippen molar-refractivity contribution < 1.29 is 24.1 Å². The highest BCUT2D eigenvalue weighted by atomic mass is 35.5. The third-order valence-corrected chi connectivity index (χ3v) is 5.83. The van der Waals surface area contributed by atoms with Gasteiger partial charge in [0.1, 0.15) is 37.1 Å². The van der Waals surface area contributed by atoms with Crippen molar-refractivity contribution in [1.82, 2.24) is 4.90 Å². The molecule has 1 heterocycles. The highest BCUT2D eigenvalue weighted by Crippen LogP contribution is 2.30. The molecule has 0 radical (unpaired) electrons. The van der Waals surface area contributed by atoms with Gasteiger partial charge in [-0.2, -0.15) is 0 Å². The number of ether oxygens (including phenoxy) is 3. The van der Waals surface area contributed by atoms with E-state index < -0.39 is 5.97 Å². The van der Waals surface area contributed by atoms with E-state index in [-0.39, 0.29) is 12.6 Å². The number of aliphatic carboxylic acids is 1. The predicted molar refractivity (Wildman–Crippen MR) is 126 cm³/mol. The molecule has 0 spiro atoms. The first-order chi connectivity index (χ1) is 16.0. The molecule has 0 saturated heterocycles. The highest BCUT2D eigenvalue weighted by Gasteiger charge is 2.24. The summed E-state index contributed by atoms with van der Waals surface area (Å²) in [5.74, 6) is 1.47. The molecule has 3 aromatic carbocycles. The summed E-state index contributed by atoms with van der Waals surface area (Å²) in [5.41, 5.74) is 3.14. The number of nitrogens with zero attached hydrogens (tertiary/aromatic N) is 1. The van der Waals surface area contributed by atoms with Crippen LogP contribution in [0.15, 0.2) is 66.7 Å². The number of rotatable bonds is 9. The monoisotopic (exact) mass is 467 g/mol. The quantitative estimate of drug-likeness (QED) is 0.486. The maximum absolute atomic E-state index is 10.9. The normalized spacial score (nSPS) is 14.9. The van der Waals surface area contributed by atoms with Gasteiger partial charge in [0.05, 0.1) is 6.54 Å². The Hall–Kier alpha value is -3.22. The van der Waals surface area contributed by atoms with Crippen molar-refractivity contribution in [2.75, 3.05) is 20.2 Å². The summed E-state index contributed by atoms with van der Waals surface area (Å²) in [7, 11) is 1.80. The van der Waals surface area contributed by atoms with Crippen molar-refractivity contribution in [1.29, 1.82) is 0 Å². The van der Waals surface area contributed by atoms with Gasteiger partial charge in [0.15, 0.2) is 0 Å². The van der Waals surface area contributed by atoms with Gasteiger partial charge >= 0.3 is 5.97 Å². The largest absolute Gasteiger partial charge is 0.492 e. The number of benzene rings is 3. The molecule has 0 fully saturated rings. The van der Waals surface area contributed by atoms with Crippen molar-refractivity contribution in [2.45, 2.75) is 25.7 Å². The topological polar surface area (TPSA) is 68.2 Å². The lowest BCUT2D eigenvalue weighted by Gasteiger charge is -2.31. The average molecular weight is 468 g/mol. The molecule has 6 nitrogen and oxygen atoms in total. The Morgan fingerprint density at radius 1 is 1.00 bits per heavy atom. The number of hydrogen-bond acceptors (Lipinski definition) is 5. The standard InChI is InChI=1S/C26H26ClNO5/c1-28(14-26(29)30)22-12-20-6-11-24(13-25(20)33-17-22)32-16-19-4-9-23(10-5-19)31-15-18-2-7-21(27)8-3-18/h2-11,13,22H,12,14-17H2,1H3,(H,29,30). The predicted octanol–water partition coefficient (Wildman–Crippen LogP) is 4.82. The number of carboxylic acids is 1. The zero-order valence-electron chi connectivity index (χ0n) is 18.4. The van der Waals surface area contributed by atoms with E-state index in [1.54, 1.807) is 11.9 Å². The Morgan fingerprint density at radius 2 is 1.61 bits per heavy atom. The summed E-state index contributed by atoms with van der Waals surface area (Å²) < 4.78 is 17.6. The Morgan fingerprint density at radius 3 is 2.27 bits per heavy atom. The molecule has 1 aliphatic heterocycles. The number of carbonyl (C=O) groups is 1. The molecular formula is C26H26ClNO5. The zero-order chi connectivity index (χ0) is 23.2. The van der Waals surface area contributed by atoms with Crippen molar-refractivity contribution in [2.24, 2.45) is 0 Å². The lowest BCUT2D eigenvalue weighted by atomic mass is 10.0. The summed E-state index contributed by atoms with van der Waals surface area (Å²) in [6, 6.07) is 21.3. The molecule has 1 N–H and O–H groups in total. The van der Waals surface area contributed by atoms with Crippen molar-refractivity contribution in [3.63, 3.8) is 0 Å². The second kappa shape index (κ2) is 10.6. The van der Waals surface area contributed by atoms with Crippen LogP contribution in [-0.4, -0.2) is 42.2 Å². The van der Waals surface area contributed by atoms with Crippen LogP contribution in [0.3, 0.4) is 0 Å². The van der Waals surface area contributed by atoms with Gasteiger partial charge in [0, 0.05) is 17.1 Å². The lowest BCUT2D eigenvalue weighted by molar-refractivity contribution is -0.138. The van der Waals surface area contributed by atoms with E-state index in [4.69, 9.17) is 30.9 Å². The average Bonchev–Trinajstić information content (AvgIpc) is 2.82. The molecule has 0 aliphatic carbocycles. The Bertz CT molecular complexity index is 1080. The van der Waals surface area contributed by atoms with Gasteiger partial charge in [-0.1, -0.05) is 41.9 Å². The number of likely N-dealkylation sites (N-methyl/N-ethyl adjacent to an activating group) is 1. The van der Waals surface area contributed by atoms with Crippen molar-refractivity contribution >= 4 is 17.6 Å². The minimum Gasteiger partial charge on any atom is -0.492 e. The van der Waals surface area contributed by atoms with Crippen LogP contribution in [0.1, 0.15) is 16.7 Å². The third-order valence-electron chi connectivity index (χ3n) is 5.58. The summed E-state index contributed by atoms with van der Waals surface area (Å²) in [6.45, 7) is 1.36. The van der Waals surface area contributed by atoms with Crippen LogP contribution < -0.4 is 14.2 Å². The van der Waals surface area contributed by atoms with Crippen LogP contribution >= 0.6 is 11.6 Å². The van der Waals surface area contributed by atoms with Crippen LogP contribution in [0.5, 0.6) is 17.2 Å². The first-order valence-electron chi connectivity index (χ1n) is 10.7. The molecule has 0 saturated carbocycles. The Labute approximate surface area is 198 Å². The third kappa shape index (κ3) is 6.40. The second-order valence-electron chi connectivity index (χ2n) is 8.10. The van der Waals surface area contributed by atoms with E-state index in [0.717, 1.165) is 40.4 Å². The van der Waals surface area contributed by atoms with Crippen molar-refractivity contribution in [3.05, 3.63) is 88.4 Å². The van der Waals surface area contributed by atoms with Gasteiger partial charge in [-0.3, -0.25) is 9.69 Å². The smallest absolute Gasteiger partial charge is 0.317 e. The number of hydrogen-bond donors (Lipinski definition) is 1. The van der Waals surface area contributed by atoms with E-state index in [1.165, 1.54) is 0 Å². The van der Waals surface area contributed by atoms with Crippen LogP contribution in [0, 0.1) is 0 Å². The molecule has 33 heavy (non-hydrogen) atoms. The van der Waals surface area contributed by atoms with Crippen molar-refractivity contribution in [3.8, 4) is 17.2 Å². The molecule has 1 atom stereocenters. The Kier molecular flexibility index (Phi) is 7.37. The van der Waals surface area contributed by atoms with Gasteiger partial charge in [-0.25, -0.2) is 0 Å². The minimum atomic E-state index is -0.840. The molecular weight excluding hydrogens is 442 g/mol. The minimum absolute atomic E-state index is 0.00445. The van der Waals surface area contributed by atoms with Crippen LogP contribution in [-0.2, 0) is 24.4 Å². The van der Waals surface area contributed by atoms with E-state index in [0.29, 0.717) is 24.8 Å². The SMILES string of the molecule is CN(CC(=O)O)C1COc2cc(OCc3ccc(OCc4ccc(Cl)cc4)cc3)ccc2C1. The summed E-state index contributed by atoms with van der Waals surface area (Å²) in [4.78, 5) is 12.7. The van der Waals surface area contributed by atoms with Gasteiger partial charge in [-0.15, -0.1) is 0 Å². The van der Waals surface area contributed by atoms with E-state index in [2.05, 4.69) is 0 Å². The fourth-order valence-corrected chi connectivity index (χ4v) is 3.77. The number of carboxylic acid groups (broad SMARTS) is 1. The molecule has 0 bridgehead atoms. The summed E-state index contributed by atoms with van der Waals surface area (Å²) in [5, 5.41) is 9.70. The van der Waals surface area contributed by atoms with Gasteiger partial charge in [0.2, 0.25) is 0 Å². The van der Waals surface area contributed by atoms with E-state index in [9.17, 15) is 4.79 Å². The summed E-state index contributed by atoms with van der Waals surface area (Å²) >= 11 is 5.91. The number of fused-ring (bicyclic) bond motifs is 1. The maximum Gasteiger partial charge on any atom is 0.317 e. The fraction of sp³-hybridized carbons (Fsp3) is 0.269. The lowest BCUT2D eigenvalue weighted by Crippen LogP contribution is -2.43. The molecule has 0 amide bonds. The zero-order valence-corrected chi connectivity index (χ0v) is 19.1. The molecule has 1 unspecified atom stereocenters. The molecule has 172 valence electrons. The van der Waals surface area contributed by atoms with Gasteiger partial charge < -0.3 is 19.3 Å². The molecule has 3 aromatic rings. The van der Waals surface area contributed by atoms with Crippen LogP contribution in [0.2, 0.25) is 5.02 Å². The van der Waals surface area contributed by atoms with Crippen LogP contribution in [0.25, 0.3) is 0 Å². The second-order valence-corrected chi connectivity index (χ2v) is 8.53. The fourth-order valence-electron chi connectivity index (χ4n) is 3.65. The first kappa shape index (κ1) is 23.0. The highest BCUT2D eigenvalue weighted by molar-refractivity contribution is 6.30. The summed E-state index contributed by atoms with van der Waals surface area (Å²) in [6.07, 6.45) is 0.747.